The van der Waals surface area contributed by atoms with Gasteiger partial charge in [-0.05, 0) is 158 Å². The van der Waals surface area contributed by atoms with Crippen LogP contribution in [-0.2, 0) is 5.41 Å². The molecule has 0 N–H and O–H groups in total. The number of fused-ring (bicyclic) bond motifs is 7. The van der Waals surface area contributed by atoms with Gasteiger partial charge in [0.1, 0.15) is 0 Å². The molecule has 1 heteroatoms. The summed E-state index contributed by atoms with van der Waals surface area (Å²) in [5.74, 6) is 0. The van der Waals surface area contributed by atoms with Gasteiger partial charge in [0.15, 0.2) is 0 Å². The number of hydrogen-bond donors (Lipinski definition) is 0. The van der Waals surface area contributed by atoms with E-state index in [9.17, 15) is 0 Å². The molecule has 1 aliphatic rings. The molecule has 15 rings (SSSR count). The Labute approximate surface area is 467 Å². The van der Waals surface area contributed by atoms with Crippen LogP contribution in [0, 0.1) is 0 Å². The molecule has 80 heavy (non-hydrogen) atoms. The van der Waals surface area contributed by atoms with Crippen LogP contribution in [0.1, 0.15) is 22.3 Å². The van der Waals surface area contributed by atoms with E-state index in [2.05, 4.69) is 326 Å². The number of benzene rings is 14. The molecule has 0 unspecified atom stereocenters. The summed E-state index contributed by atoms with van der Waals surface area (Å²) in [6, 6.07) is 119. The molecule has 1 aliphatic carbocycles. The molecule has 0 amide bonds. The molecule has 0 bridgehead atoms. The average Bonchev–Trinajstić information content (AvgIpc) is 4.08. The van der Waals surface area contributed by atoms with Gasteiger partial charge < -0.3 is 4.90 Å². The van der Waals surface area contributed by atoms with E-state index in [4.69, 9.17) is 0 Å². The Hall–Kier alpha value is -10.3. The minimum absolute atomic E-state index is 0.566. The molecular weight excluding hydrogens is 963 g/mol. The lowest BCUT2D eigenvalue weighted by molar-refractivity contribution is 0.768. The first-order valence-corrected chi connectivity index (χ1v) is 27.7. The van der Waals surface area contributed by atoms with Crippen LogP contribution in [0.5, 0.6) is 0 Å². The normalized spacial score (nSPS) is 12.3. The zero-order valence-corrected chi connectivity index (χ0v) is 44.0. The SMILES string of the molecule is c1ccc(-c2c(-c3ccccc3)c3cc(-c4ccccc4N(c4ccc(-c5ccc(-c6ccc7ccccc7c6)cc5)cc4)c4ccc5c(c4)C(c4ccccc4)(c4ccccc4)c4ccccc4-5)ccc3c3ccccc23)cc1. The van der Waals surface area contributed by atoms with Gasteiger partial charge in [0.2, 0.25) is 0 Å². The van der Waals surface area contributed by atoms with Gasteiger partial charge in [-0.1, -0.05) is 279 Å². The minimum Gasteiger partial charge on any atom is -0.310 e. The number of hydrogen-bond acceptors (Lipinski definition) is 1. The highest BCUT2D eigenvalue weighted by Crippen LogP contribution is 2.58. The van der Waals surface area contributed by atoms with E-state index in [0.717, 1.165) is 33.8 Å². The fourth-order valence-electron chi connectivity index (χ4n) is 13.1. The largest absolute Gasteiger partial charge is 0.310 e. The molecule has 0 aromatic heterocycles. The zero-order valence-electron chi connectivity index (χ0n) is 44.0. The second-order valence-corrected chi connectivity index (χ2v) is 21.1. The molecule has 0 heterocycles. The lowest BCUT2D eigenvalue weighted by Gasteiger charge is -2.35. The van der Waals surface area contributed by atoms with Crippen LogP contribution in [0.15, 0.2) is 322 Å². The molecule has 14 aromatic rings. The Balaban J connectivity index is 0.933. The van der Waals surface area contributed by atoms with Crippen LogP contribution in [0.25, 0.3) is 99.1 Å². The van der Waals surface area contributed by atoms with Gasteiger partial charge in [-0.25, -0.2) is 0 Å². The predicted octanol–water partition coefficient (Wildman–Crippen LogP) is 21.3. The number of nitrogens with zero attached hydrogens (tertiary/aromatic N) is 1. The molecule has 1 nitrogen and oxygen atoms in total. The van der Waals surface area contributed by atoms with Crippen LogP contribution < -0.4 is 4.90 Å². The van der Waals surface area contributed by atoms with Crippen LogP contribution in [0.4, 0.5) is 17.1 Å². The van der Waals surface area contributed by atoms with Crippen molar-refractivity contribution in [3.8, 4) is 66.8 Å². The van der Waals surface area contributed by atoms with E-state index in [0.29, 0.717) is 0 Å². The molecule has 0 saturated carbocycles. The lowest BCUT2D eigenvalue weighted by Crippen LogP contribution is -2.28. The minimum atomic E-state index is -0.566. The summed E-state index contributed by atoms with van der Waals surface area (Å²) >= 11 is 0. The van der Waals surface area contributed by atoms with Crippen molar-refractivity contribution in [2.24, 2.45) is 0 Å². The van der Waals surface area contributed by atoms with Crippen LogP contribution in [0.3, 0.4) is 0 Å². The summed E-state index contributed by atoms with van der Waals surface area (Å²) in [7, 11) is 0. The Morgan fingerprint density at radius 1 is 0.225 bits per heavy atom. The second kappa shape index (κ2) is 19.6. The first-order chi connectivity index (χ1) is 39.7. The average molecular weight is 1020 g/mol. The number of para-hydroxylation sites is 1. The zero-order chi connectivity index (χ0) is 53.0. The van der Waals surface area contributed by atoms with Crippen molar-refractivity contribution < 1.29 is 0 Å². The smallest absolute Gasteiger partial charge is 0.0714 e. The highest BCUT2D eigenvalue weighted by atomic mass is 15.1. The summed E-state index contributed by atoms with van der Waals surface area (Å²) in [6.45, 7) is 0. The maximum atomic E-state index is 2.49. The fourth-order valence-corrected chi connectivity index (χ4v) is 13.1. The third-order valence-corrected chi connectivity index (χ3v) is 16.7. The number of anilines is 3. The Morgan fingerprint density at radius 3 is 1.36 bits per heavy atom. The Kier molecular flexibility index (Phi) is 11.5. The Morgan fingerprint density at radius 2 is 0.688 bits per heavy atom. The van der Waals surface area contributed by atoms with E-state index in [-0.39, 0.29) is 0 Å². The van der Waals surface area contributed by atoms with E-state index < -0.39 is 5.41 Å². The maximum absolute atomic E-state index is 2.49. The molecule has 14 aromatic carbocycles. The second-order valence-electron chi connectivity index (χ2n) is 21.1. The highest BCUT2D eigenvalue weighted by molar-refractivity contribution is 6.22. The topological polar surface area (TPSA) is 3.24 Å². The van der Waals surface area contributed by atoms with Gasteiger partial charge in [-0.3, -0.25) is 0 Å². The molecule has 374 valence electrons. The standard InChI is InChI=1S/C79H53N/c1-5-22-58(23-6-1)77-72-34-16-15-32-68(72)69-49-45-62(52-73(69)78(77)59-24-7-2-8-25-59)67-31-18-20-36-76(67)80(65-46-43-56(44-47-65)55-37-39-57(40-38-55)61-42-41-54-21-13-14-26-60(54)51-61)66-48-50-71-70-33-17-19-35-74(70)79(75(71)53-66,63-27-9-3-10-28-63)64-29-11-4-12-30-64/h1-53H. The molecule has 0 fully saturated rings. The summed E-state index contributed by atoms with van der Waals surface area (Å²) in [4.78, 5) is 2.49. The van der Waals surface area contributed by atoms with Gasteiger partial charge in [0.05, 0.1) is 11.1 Å². The third kappa shape index (κ3) is 7.77. The molecular formula is C79H53N. The molecule has 0 radical (unpaired) electrons. The molecule has 0 atom stereocenters. The predicted molar refractivity (Wildman–Crippen MR) is 338 cm³/mol. The molecule has 0 spiro atoms. The third-order valence-electron chi connectivity index (χ3n) is 16.7. The number of rotatable bonds is 10. The fraction of sp³-hybridized carbons (Fsp3) is 0.0127. The highest BCUT2D eigenvalue weighted by Gasteiger charge is 2.46. The van der Waals surface area contributed by atoms with Crippen molar-refractivity contribution in [3.63, 3.8) is 0 Å². The maximum Gasteiger partial charge on any atom is 0.0714 e. The van der Waals surface area contributed by atoms with Gasteiger partial charge in [0, 0.05) is 16.9 Å². The van der Waals surface area contributed by atoms with E-state index in [1.807, 2.05) is 0 Å². The van der Waals surface area contributed by atoms with Crippen molar-refractivity contribution in [1.82, 2.24) is 0 Å². The van der Waals surface area contributed by atoms with Crippen molar-refractivity contribution in [1.29, 1.82) is 0 Å². The summed E-state index contributed by atoms with van der Waals surface area (Å²) in [6.07, 6.45) is 0. The first kappa shape index (κ1) is 46.9. The van der Waals surface area contributed by atoms with Crippen LogP contribution in [0.2, 0.25) is 0 Å². The van der Waals surface area contributed by atoms with Crippen molar-refractivity contribution in [2.45, 2.75) is 5.41 Å². The van der Waals surface area contributed by atoms with Gasteiger partial charge in [0.25, 0.3) is 0 Å². The lowest BCUT2D eigenvalue weighted by atomic mass is 9.67. The van der Waals surface area contributed by atoms with E-state index in [1.165, 1.54) is 105 Å². The van der Waals surface area contributed by atoms with Gasteiger partial charge in [-0.15, -0.1) is 0 Å². The van der Waals surface area contributed by atoms with E-state index in [1.54, 1.807) is 0 Å². The summed E-state index contributed by atoms with van der Waals surface area (Å²) in [5, 5.41) is 7.43. The van der Waals surface area contributed by atoms with Crippen LogP contribution >= 0.6 is 0 Å². The summed E-state index contributed by atoms with van der Waals surface area (Å²) < 4.78 is 0. The molecule has 0 saturated heterocycles. The van der Waals surface area contributed by atoms with Gasteiger partial charge in [-0.2, -0.15) is 0 Å². The van der Waals surface area contributed by atoms with Gasteiger partial charge >= 0.3 is 0 Å². The first-order valence-electron chi connectivity index (χ1n) is 27.7. The van der Waals surface area contributed by atoms with E-state index >= 15 is 0 Å². The Bertz CT molecular complexity index is 4560. The van der Waals surface area contributed by atoms with Crippen molar-refractivity contribution in [2.75, 3.05) is 4.90 Å². The van der Waals surface area contributed by atoms with Crippen molar-refractivity contribution >= 4 is 49.4 Å². The van der Waals surface area contributed by atoms with Crippen molar-refractivity contribution in [3.05, 3.63) is 344 Å². The van der Waals surface area contributed by atoms with Crippen LogP contribution in [-0.4, -0.2) is 0 Å². The monoisotopic (exact) mass is 1020 g/mol. The molecule has 0 aliphatic heterocycles. The quantitative estimate of drug-likeness (QED) is 0.123. The summed E-state index contributed by atoms with van der Waals surface area (Å²) in [5.41, 5.74) is 22.1.